The van der Waals surface area contributed by atoms with E-state index in [-0.39, 0.29) is 29.5 Å². The third-order valence-electron chi connectivity index (χ3n) is 5.28. The Morgan fingerprint density at radius 1 is 1.20 bits per heavy atom. The molecule has 2 aromatic carbocycles. The molecule has 2 aromatic rings. The maximum absolute atomic E-state index is 13.1. The average Bonchev–Trinajstić information content (AvgIpc) is 2.71. The van der Waals surface area contributed by atoms with Crippen LogP contribution in [-0.4, -0.2) is 45.8 Å². The Bertz CT molecular complexity index is 965. The molecule has 0 N–H and O–H groups in total. The van der Waals surface area contributed by atoms with Gasteiger partial charge in [-0.15, -0.1) is 0 Å². The van der Waals surface area contributed by atoms with E-state index in [2.05, 4.69) is 27.8 Å². The fourth-order valence-corrected chi connectivity index (χ4v) is 3.98. The molecule has 0 unspecified atom stereocenters. The zero-order valence-corrected chi connectivity index (χ0v) is 18.4. The van der Waals surface area contributed by atoms with Crippen LogP contribution >= 0.6 is 15.9 Å². The van der Waals surface area contributed by atoms with Crippen LogP contribution < -0.4 is 0 Å². The predicted molar refractivity (Wildman–Crippen MR) is 117 cm³/mol. The second kappa shape index (κ2) is 9.49. The van der Waals surface area contributed by atoms with E-state index < -0.39 is 4.92 Å². The van der Waals surface area contributed by atoms with Gasteiger partial charge < -0.3 is 4.90 Å². The van der Waals surface area contributed by atoms with Gasteiger partial charge in [-0.3, -0.25) is 19.8 Å². The van der Waals surface area contributed by atoms with E-state index in [0.29, 0.717) is 29.7 Å². The van der Waals surface area contributed by atoms with Crippen molar-refractivity contribution in [3.63, 3.8) is 0 Å². The lowest BCUT2D eigenvalue weighted by atomic mass is 10.1. The van der Waals surface area contributed by atoms with Gasteiger partial charge in [-0.25, -0.2) is 4.39 Å². The maximum atomic E-state index is 13.1. The summed E-state index contributed by atoms with van der Waals surface area (Å²) in [6, 6.07) is 11.4. The van der Waals surface area contributed by atoms with E-state index in [1.54, 1.807) is 30.3 Å². The van der Waals surface area contributed by atoms with Gasteiger partial charge in [0.2, 0.25) is 5.91 Å². The smallest absolute Gasteiger partial charge is 0.284 e. The molecule has 1 aliphatic rings. The molecule has 0 aliphatic carbocycles. The van der Waals surface area contributed by atoms with Gasteiger partial charge in [0.05, 0.1) is 9.40 Å². The number of carbonyl (C=O) groups excluding carboxylic acids is 1. The summed E-state index contributed by atoms with van der Waals surface area (Å²) in [5, 5.41) is 11.1. The highest BCUT2D eigenvalue weighted by molar-refractivity contribution is 9.10. The van der Waals surface area contributed by atoms with E-state index >= 15 is 0 Å². The topological polar surface area (TPSA) is 66.7 Å². The van der Waals surface area contributed by atoms with Crippen molar-refractivity contribution in [1.82, 2.24) is 9.80 Å². The summed E-state index contributed by atoms with van der Waals surface area (Å²) in [6.45, 7) is 6.05. The normalized spacial score (nSPS) is 19.9. The van der Waals surface area contributed by atoms with Crippen molar-refractivity contribution in [2.75, 3.05) is 13.1 Å². The van der Waals surface area contributed by atoms with Gasteiger partial charge in [-0.1, -0.05) is 18.2 Å². The number of hydrogen-bond acceptors (Lipinski definition) is 4. The Labute approximate surface area is 183 Å². The lowest BCUT2D eigenvalue weighted by Gasteiger charge is -2.44. The molecule has 2 atom stereocenters. The van der Waals surface area contributed by atoms with Crippen molar-refractivity contribution >= 4 is 33.6 Å². The molecule has 1 amide bonds. The largest absolute Gasteiger partial charge is 0.334 e. The molecule has 0 aromatic heterocycles. The van der Waals surface area contributed by atoms with Crippen LogP contribution in [0.2, 0.25) is 0 Å². The first kappa shape index (κ1) is 22.1. The van der Waals surface area contributed by atoms with Crippen molar-refractivity contribution < 1.29 is 14.1 Å². The molecule has 8 heteroatoms. The lowest BCUT2D eigenvalue weighted by Crippen LogP contribution is -2.57. The molecule has 1 fully saturated rings. The fourth-order valence-electron chi connectivity index (χ4n) is 3.59. The van der Waals surface area contributed by atoms with Crippen LogP contribution in [0.3, 0.4) is 0 Å². The number of benzene rings is 2. The number of carbonyl (C=O) groups is 1. The monoisotopic (exact) mass is 475 g/mol. The number of nitro benzene ring substituents is 1. The minimum absolute atomic E-state index is 0.0121. The van der Waals surface area contributed by atoms with E-state index in [1.165, 1.54) is 24.3 Å². The van der Waals surface area contributed by atoms with E-state index in [0.717, 1.165) is 5.56 Å². The Hall–Kier alpha value is -2.58. The maximum Gasteiger partial charge on any atom is 0.284 e. The predicted octanol–water partition coefficient (Wildman–Crippen LogP) is 4.63. The van der Waals surface area contributed by atoms with Crippen molar-refractivity contribution in [2.45, 2.75) is 32.5 Å². The van der Waals surface area contributed by atoms with Crippen LogP contribution in [0.4, 0.5) is 10.1 Å². The summed E-state index contributed by atoms with van der Waals surface area (Å²) in [4.78, 5) is 27.5. The molecule has 30 heavy (non-hydrogen) atoms. The van der Waals surface area contributed by atoms with Crippen LogP contribution in [0.25, 0.3) is 6.08 Å². The number of hydrogen-bond donors (Lipinski definition) is 0. The molecule has 6 nitrogen and oxygen atoms in total. The average molecular weight is 476 g/mol. The third-order valence-corrected chi connectivity index (χ3v) is 5.95. The second-order valence-corrected chi connectivity index (χ2v) is 8.40. The van der Waals surface area contributed by atoms with Crippen LogP contribution in [0.5, 0.6) is 0 Å². The van der Waals surface area contributed by atoms with E-state index in [9.17, 15) is 19.3 Å². The molecular weight excluding hydrogens is 453 g/mol. The highest BCUT2D eigenvalue weighted by atomic mass is 79.9. The standard InChI is InChI=1S/C22H23BrFN3O3/c1-15-13-26(16(2)12-25(15)14-18-3-7-19(24)8-4-18)22(28)10-6-17-5-9-20(23)21(11-17)27(29)30/h3-11,15-16H,12-14H2,1-2H3/t15-,16+/m0/s1. The fraction of sp³-hybridized carbons (Fsp3) is 0.318. The number of nitro groups is 1. The number of amides is 1. The highest BCUT2D eigenvalue weighted by Crippen LogP contribution is 2.26. The second-order valence-electron chi connectivity index (χ2n) is 7.55. The van der Waals surface area contributed by atoms with Crippen molar-refractivity contribution in [3.05, 3.63) is 80.1 Å². The molecule has 0 radical (unpaired) electrons. The first-order valence-corrected chi connectivity index (χ1v) is 10.4. The Morgan fingerprint density at radius 3 is 2.57 bits per heavy atom. The Balaban J connectivity index is 1.65. The molecule has 1 saturated heterocycles. The SMILES string of the molecule is C[C@@H]1CN(Cc2ccc(F)cc2)[C@@H](C)CN1C(=O)C=Cc1ccc(Br)c([N+](=O)[O-])c1. The number of rotatable bonds is 5. The minimum atomic E-state index is -0.465. The van der Waals surface area contributed by atoms with E-state index in [1.807, 2.05) is 11.8 Å². The third kappa shape index (κ3) is 5.31. The lowest BCUT2D eigenvalue weighted by molar-refractivity contribution is -0.385. The van der Waals surface area contributed by atoms with Crippen molar-refractivity contribution in [2.24, 2.45) is 0 Å². The summed E-state index contributed by atoms with van der Waals surface area (Å²) >= 11 is 3.16. The molecule has 0 spiro atoms. The molecule has 1 aliphatic heterocycles. The van der Waals surface area contributed by atoms with E-state index in [4.69, 9.17) is 0 Å². The molecule has 3 rings (SSSR count). The first-order chi connectivity index (χ1) is 14.2. The van der Waals surface area contributed by atoms with Crippen LogP contribution in [0.15, 0.2) is 53.0 Å². The summed E-state index contributed by atoms with van der Waals surface area (Å²) in [5.74, 6) is -0.375. The number of nitrogens with zero attached hydrogens (tertiary/aromatic N) is 3. The van der Waals surface area contributed by atoms with Crippen LogP contribution in [0, 0.1) is 15.9 Å². The molecule has 1 heterocycles. The van der Waals surface area contributed by atoms with Gasteiger partial charge in [0.25, 0.3) is 5.69 Å². The Kier molecular flexibility index (Phi) is 6.99. The van der Waals surface area contributed by atoms with Gasteiger partial charge in [0.15, 0.2) is 0 Å². The summed E-state index contributed by atoms with van der Waals surface area (Å²) < 4.78 is 13.5. The minimum Gasteiger partial charge on any atom is -0.334 e. The van der Waals surface area contributed by atoms with Crippen LogP contribution in [0.1, 0.15) is 25.0 Å². The van der Waals surface area contributed by atoms with Gasteiger partial charge in [-0.2, -0.15) is 0 Å². The zero-order chi connectivity index (χ0) is 21.8. The van der Waals surface area contributed by atoms with Crippen molar-refractivity contribution in [1.29, 1.82) is 0 Å². The summed E-state index contributed by atoms with van der Waals surface area (Å²) in [5.41, 5.74) is 1.59. The molecule has 0 bridgehead atoms. The quantitative estimate of drug-likeness (QED) is 0.359. The highest BCUT2D eigenvalue weighted by Gasteiger charge is 2.31. The summed E-state index contributed by atoms with van der Waals surface area (Å²) in [6.07, 6.45) is 3.07. The molecule has 158 valence electrons. The van der Waals surface area contributed by atoms with Gasteiger partial charge in [0, 0.05) is 43.9 Å². The van der Waals surface area contributed by atoms with Gasteiger partial charge in [0.1, 0.15) is 5.82 Å². The molecular formula is C22H23BrFN3O3. The zero-order valence-electron chi connectivity index (χ0n) is 16.8. The number of halogens is 2. The van der Waals surface area contributed by atoms with Crippen molar-refractivity contribution in [3.8, 4) is 0 Å². The van der Waals surface area contributed by atoms with Crippen LogP contribution in [-0.2, 0) is 11.3 Å². The first-order valence-electron chi connectivity index (χ1n) is 9.65. The molecule has 0 saturated carbocycles. The van der Waals surface area contributed by atoms with Gasteiger partial charge in [-0.05, 0) is 65.2 Å². The Morgan fingerprint density at radius 2 is 1.90 bits per heavy atom. The van der Waals surface area contributed by atoms with Gasteiger partial charge >= 0.3 is 0 Å². The number of piperazine rings is 1. The summed E-state index contributed by atoms with van der Waals surface area (Å²) in [7, 11) is 0.